The first-order valence-corrected chi connectivity index (χ1v) is 7.10. The van der Waals surface area contributed by atoms with Crippen LogP contribution in [0, 0.1) is 20.8 Å². The van der Waals surface area contributed by atoms with E-state index >= 15 is 0 Å². The smallest absolute Gasteiger partial charge is 0.316 e. The summed E-state index contributed by atoms with van der Waals surface area (Å²) < 4.78 is 5.28. The highest BCUT2D eigenvalue weighted by Crippen LogP contribution is 2.22. The molecule has 106 valence electrons. The molecule has 0 aromatic carbocycles. The molecule has 0 unspecified atom stereocenters. The summed E-state index contributed by atoms with van der Waals surface area (Å²) in [6.45, 7) is 7.80. The van der Waals surface area contributed by atoms with Crippen LogP contribution in [0.25, 0.3) is 0 Å². The van der Waals surface area contributed by atoms with Gasteiger partial charge in [0.2, 0.25) is 0 Å². The number of nitrogens with zero attached hydrogens (tertiary/aromatic N) is 3. The molecule has 6 nitrogen and oxygen atoms in total. The van der Waals surface area contributed by atoms with Gasteiger partial charge in [0.15, 0.2) is 0 Å². The molecule has 2 rings (SSSR count). The van der Waals surface area contributed by atoms with E-state index in [1.54, 1.807) is 12.4 Å². The molecule has 0 aliphatic heterocycles. The van der Waals surface area contributed by atoms with Gasteiger partial charge in [0.1, 0.15) is 4.88 Å². The summed E-state index contributed by atoms with van der Waals surface area (Å²) in [6, 6.07) is 0.328. The molecule has 1 amide bonds. The Balaban J connectivity index is 2.26. The van der Waals surface area contributed by atoms with Crippen molar-refractivity contribution in [1.29, 1.82) is 0 Å². The fourth-order valence-electron chi connectivity index (χ4n) is 1.75. The maximum absolute atomic E-state index is 12.2. The van der Waals surface area contributed by atoms with E-state index in [0.717, 1.165) is 5.69 Å². The summed E-state index contributed by atoms with van der Waals surface area (Å²) in [7, 11) is 0. The summed E-state index contributed by atoms with van der Waals surface area (Å²) in [4.78, 5) is 25.3. The van der Waals surface area contributed by atoms with E-state index in [9.17, 15) is 4.79 Å². The Morgan fingerprint density at radius 3 is 2.40 bits per heavy atom. The lowest BCUT2D eigenvalue weighted by molar-refractivity contribution is 0.102. The van der Waals surface area contributed by atoms with Crippen molar-refractivity contribution in [3.05, 3.63) is 27.5 Å². The van der Waals surface area contributed by atoms with E-state index in [0.29, 0.717) is 34.6 Å². The number of ether oxygens (including phenoxy) is 1. The zero-order valence-corrected chi connectivity index (χ0v) is 12.7. The lowest BCUT2D eigenvalue weighted by Gasteiger charge is -2.11. The molecule has 2 heterocycles. The number of amides is 1. The molecule has 0 bridgehead atoms. The minimum Gasteiger partial charge on any atom is -0.464 e. The molecule has 0 fully saturated rings. The minimum atomic E-state index is -0.191. The van der Waals surface area contributed by atoms with E-state index in [4.69, 9.17) is 4.74 Å². The van der Waals surface area contributed by atoms with E-state index in [-0.39, 0.29) is 5.91 Å². The Labute approximate surface area is 121 Å². The molecule has 0 aliphatic carbocycles. The second-order valence-electron chi connectivity index (χ2n) is 4.21. The van der Waals surface area contributed by atoms with Gasteiger partial charge in [0, 0.05) is 0 Å². The van der Waals surface area contributed by atoms with Gasteiger partial charge in [-0.1, -0.05) is 0 Å². The predicted octanol–water partition coefficient (Wildman–Crippen LogP) is 2.51. The minimum absolute atomic E-state index is 0.191. The lowest BCUT2D eigenvalue weighted by Crippen LogP contribution is -2.15. The van der Waals surface area contributed by atoms with Crippen molar-refractivity contribution >= 4 is 22.9 Å². The van der Waals surface area contributed by atoms with Crippen molar-refractivity contribution in [3.63, 3.8) is 0 Å². The van der Waals surface area contributed by atoms with Gasteiger partial charge in [-0.05, 0) is 27.7 Å². The zero-order chi connectivity index (χ0) is 14.7. The Morgan fingerprint density at radius 1 is 1.25 bits per heavy atom. The predicted molar refractivity (Wildman–Crippen MR) is 77.5 cm³/mol. The average molecular weight is 292 g/mol. The number of carbonyl (C=O) groups excluding carboxylic acids is 1. The Bertz CT molecular complexity index is 616. The highest BCUT2D eigenvalue weighted by atomic mass is 32.1. The Kier molecular flexibility index (Phi) is 4.29. The monoisotopic (exact) mass is 292 g/mol. The van der Waals surface area contributed by atoms with Crippen molar-refractivity contribution in [2.45, 2.75) is 27.7 Å². The number of nitrogens with one attached hydrogen (secondary N) is 1. The molecule has 1 N–H and O–H groups in total. The molecule has 7 heteroatoms. The topological polar surface area (TPSA) is 77.0 Å². The normalized spacial score (nSPS) is 10.4. The fraction of sp³-hybridized carbons (Fsp3) is 0.385. The first-order chi connectivity index (χ1) is 9.52. The standard InChI is InChI=1S/C13H16N4O2S/c1-5-19-13-15-7(2)10(8(3)16-13)17-12(18)11-9(4)14-6-20-11/h6H,5H2,1-4H3,(H,17,18). The quantitative estimate of drug-likeness (QED) is 0.937. The van der Waals surface area contributed by atoms with Crippen LogP contribution in [-0.4, -0.2) is 27.5 Å². The van der Waals surface area contributed by atoms with Crippen LogP contribution < -0.4 is 10.1 Å². The summed E-state index contributed by atoms with van der Waals surface area (Å²) in [5.74, 6) is -0.191. The number of aryl methyl sites for hydroxylation is 3. The molecule has 0 saturated carbocycles. The number of anilines is 1. The number of rotatable bonds is 4. The molecule has 0 atom stereocenters. The van der Waals surface area contributed by atoms with Gasteiger partial charge < -0.3 is 10.1 Å². The second kappa shape index (κ2) is 5.96. The maximum atomic E-state index is 12.2. The molecule has 0 saturated heterocycles. The average Bonchev–Trinajstić information content (AvgIpc) is 2.80. The van der Waals surface area contributed by atoms with Crippen molar-refractivity contribution in [2.75, 3.05) is 11.9 Å². The molecule has 0 spiro atoms. The lowest BCUT2D eigenvalue weighted by atomic mass is 10.2. The third-order valence-electron chi connectivity index (χ3n) is 2.71. The van der Waals surface area contributed by atoms with Crippen LogP contribution in [0.2, 0.25) is 0 Å². The van der Waals surface area contributed by atoms with Crippen LogP contribution in [0.5, 0.6) is 6.01 Å². The van der Waals surface area contributed by atoms with Crippen LogP contribution in [0.4, 0.5) is 5.69 Å². The van der Waals surface area contributed by atoms with Gasteiger partial charge >= 0.3 is 6.01 Å². The molecule has 0 aliphatic rings. The van der Waals surface area contributed by atoms with Crippen LogP contribution in [0.3, 0.4) is 0 Å². The first-order valence-electron chi connectivity index (χ1n) is 6.22. The summed E-state index contributed by atoms with van der Waals surface area (Å²) in [5, 5.41) is 2.84. The summed E-state index contributed by atoms with van der Waals surface area (Å²) >= 11 is 1.31. The van der Waals surface area contributed by atoms with Crippen molar-refractivity contribution in [2.24, 2.45) is 0 Å². The highest BCUT2D eigenvalue weighted by Gasteiger charge is 2.16. The third-order valence-corrected chi connectivity index (χ3v) is 3.64. The van der Waals surface area contributed by atoms with Gasteiger partial charge in [-0.2, -0.15) is 9.97 Å². The molecule has 0 radical (unpaired) electrons. The Morgan fingerprint density at radius 2 is 1.90 bits per heavy atom. The van der Waals surface area contributed by atoms with E-state index in [2.05, 4.69) is 20.3 Å². The number of hydrogen-bond acceptors (Lipinski definition) is 6. The number of thiazole rings is 1. The van der Waals surface area contributed by atoms with Crippen LogP contribution in [0.15, 0.2) is 5.51 Å². The van der Waals surface area contributed by atoms with Gasteiger partial charge in [-0.25, -0.2) is 4.98 Å². The zero-order valence-electron chi connectivity index (χ0n) is 11.9. The largest absolute Gasteiger partial charge is 0.464 e. The van der Waals surface area contributed by atoms with E-state index in [1.807, 2.05) is 20.8 Å². The van der Waals surface area contributed by atoms with Gasteiger partial charge in [0.25, 0.3) is 5.91 Å². The second-order valence-corrected chi connectivity index (χ2v) is 5.06. The van der Waals surface area contributed by atoms with Gasteiger partial charge in [-0.15, -0.1) is 11.3 Å². The third kappa shape index (κ3) is 2.93. The van der Waals surface area contributed by atoms with Crippen LogP contribution in [0.1, 0.15) is 33.7 Å². The van der Waals surface area contributed by atoms with Crippen molar-refractivity contribution < 1.29 is 9.53 Å². The molecule has 20 heavy (non-hydrogen) atoms. The summed E-state index contributed by atoms with van der Waals surface area (Å²) in [6.07, 6.45) is 0. The van der Waals surface area contributed by atoms with Crippen LogP contribution in [-0.2, 0) is 0 Å². The number of carbonyl (C=O) groups is 1. The maximum Gasteiger partial charge on any atom is 0.316 e. The number of aromatic nitrogens is 3. The number of hydrogen-bond donors (Lipinski definition) is 1. The first kappa shape index (κ1) is 14.4. The van der Waals surface area contributed by atoms with Crippen molar-refractivity contribution in [3.8, 4) is 6.01 Å². The Hall–Kier alpha value is -2.02. The fourth-order valence-corrected chi connectivity index (χ4v) is 2.45. The SMILES string of the molecule is CCOc1nc(C)c(NC(=O)c2scnc2C)c(C)n1. The van der Waals surface area contributed by atoms with Crippen LogP contribution >= 0.6 is 11.3 Å². The highest BCUT2D eigenvalue weighted by molar-refractivity contribution is 7.12. The van der Waals surface area contributed by atoms with Gasteiger partial charge in [-0.3, -0.25) is 4.79 Å². The molecular weight excluding hydrogens is 276 g/mol. The van der Waals surface area contributed by atoms with E-state index < -0.39 is 0 Å². The molecule has 2 aromatic heterocycles. The van der Waals surface area contributed by atoms with Gasteiger partial charge in [0.05, 0.1) is 34.9 Å². The molecule has 2 aromatic rings. The molecular formula is C13H16N4O2S. The van der Waals surface area contributed by atoms with E-state index in [1.165, 1.54) is 11.3 Å². The van der Waals surface area contributed by atoms with Crippen molar-refractivity contribution in [1.82, 2.24) is 15.0 Å². The summed E-state index contributed by atoms with van der Waals surface area (Å²) in [5.41, 5.74) is 4.34.